The predicted octanol–water partition coefficient (Wildman–Crippen LogP) is 3.07. The summed E-state index contributed by atoms with van der Waals surface area (Å²) in [7, 11) is 1.23. The van der Waals surface area contributed by atoms with Crippen LogP contribution in [0.2, 0.25) is 0 Å². The number of halogens is 2. The second-order valence-electron chi connectivity index (χ2n) is 4.36. The number of phenols is 1. The Balaban J connectivity index is 2.17. The molecular weight excluding hydrogens is 280 g/mol. The van der Waals surface area contributed by atoms with Gasteiger partial charge in [0, 0.05) is 12.6 Å². The summed E-state index contributed by atoms with van der Waals surface area (Å²) in [6.45, 7) is 0.0901. The molecule has 2 rings (SSSR count). The van der Waals surface area contributed by atoms with Gasteiger partial charge in [-0.25, -0.2) is 13.6 Å². The van der Waals surface area contributed by atoms with Crippen molar-refractivity contribution in [2.24, 2.45) is 0 Å². The summed E-state index contributed by atoms with van der Waals surface area (Å²) in [5.74, 6) is -1.93. The summed E-state index contributed by atoms with van der Waals surface area (Å²) in [4.78, 5) is 11.4. The molecule has 0 spiro atoms. The van der Waals surface area contributed by atoms with Crippen molar-refractivity contribution in [1.29, 1.82) is 0 Å². The lowest BCUT2D eigenvalue weighted by atomic mass is 10.1. The van der Waals surface area contributed by atoms with Crippen LogP contribution >= 0.6 is 0 Å². The second kappa shape index (κ2) is 6.21. The Morgan fingerprint density at radius 2 is 2.00 bits per heavy atom. The Kier molecular flexibility index (Phi) is 4.37. The van der Waals surface area contributed by atoms with E-state index in [0.717, 1.165) is 12.1 Å². The molecule has 0 amide bonds. The molecular formula is C15H13F2NO3. The zero-order valence-electron chi connectivity index (χ0n) is 11.2. The molecule has 0 saturated heterocycles. The molecule has 2 aromatic rings. The number of methoxy groups -OCH3 is 1. The Bertz CT molecular complexity index is 654. The lowest BCUT2D eigenvalue weighted by molar-refractivity contribution is 0.0600. The summed E-state index contributed by atoms with van der Waals surface area (Å²) in [6, 6.07) is 7.30. The van der Waals surface area contributed by atoms with Crippen molar-refractivity contribution >= 4 is 11.7 Å². The minimum absolute atomic E-state index is 0.0849. The van der Waals surface area contributed by atoms with Gasteiger partial charge in [0.15, 0.2) is 0 Å². The van der Waals surface area contributed by atoms with Crippen LogP contribution in [0.4, 0.5) is 14.5 Å². The molecule has 21 heavy (non-hydrogen) atoms. The van der Waals surface area contributed by atoms with Gasteiger partial charge >= 0.3 is 5.97 Å². The first-order chi connectivity index (χ1) is 9.99. The average molecular weight is 293 g/mol. The Morgan fingerprint density at radius 1 is 1.24 bits per heavy atom. The number of hydrogen-bond acceptors (Lipinski definition) is 4. The first-order valence-electron chi connectivity index (χ1n) is 6.10. The molecule has 4 nitrogen and oxygen atoms in total. The summed E-state index contributed by atoms with van der Waals surface area (Å²) < 4.78 is 31.3. The number of benzene rings is 2. The molecule has 0 aliphatic carbocycles. The largest absolute Gasteiger partial charge is 0.508 e. The number of carbonyl (C=O) groups is 1. The summed E-state index contributed by atoms with van der Waals surface area (Å²) in [6.07, 6.45) is 0. The summed E-state index contributed by atoms with van der Waals surface area (Å²) >= 11 is 0. The third-order valence-electron chi connectivity index (χ3n) is 2.81. The molecule has 0 atom stereocenters. The first kappa shape index (κ1) is 14.8. The van der Waals surface area contributed by atoms with Gasteiger partial charge in [-0.05, 0) is 35.9 Å². The van der Waals surface area contributed by atoms with Crippen LogP contribution < -0.4 is 5.32 Å². The Hall–Kier alpha value is -2.63. The quantitative estimate of drug-likeness (QED) is 0.851. The molecule has 0 aliphatic heterocycles. The third kappa shape index (κ3) is 3.68. The van der Waals surface area contributed by atoms with Crippen molar-refractivity contribution < 1.29 is 23.4 Å². The predicted molar refractivity (Wildman–Crippen MR) is 73.1 cm³/mol. The second-order valence-corrected chi connectivity index (χ2v) is 4.36. The molecule has 0 saturated carbocycles. The number of esters is 1. The van der Waals surface area contributed by atoms with Crippen molar-refractivity contribution in [2.45, 2.75) is 6.54 Å². The van der Waals surface area contributed by atoms with Crippen LogP contribution in [0.15, 0.2) is 36.4 Å². The molecule has 110 valence electrons. The normalized spacial score (nSPS) is 10.2. The number of phenolic OH excluding ortho intramolecular Hbond substituents is 1. The van der Waals surface area contributed by atoms with Crippen molar-refractivity contribution in [3.05, 3.63) is 59.2 Å². The molecule has 0 fully saturated rings. The summed E-state index contributed by atoms with van der Waals surface area (Å²) in [5.41, 5.74) is 0.723. The fraction of sp³-hybridized carbons (Fsp3) is 0.133. The maximum absolute atomic E-state index is 13.7. The molecule has 6 heteroatoms. The Labute approximate surface area is 120 Å². The van der Waals surface area contributed by atoms with Crippen LogP contribution in [0.3, 0.4) is 0 Å². The van der Waals surface area contributed by atoms with E-state index in [1.807, 2.05) is 0 Å². The molecule has 0 unspecified atom stereocenters. The number of aromatic hydroxyl groups is 1. The van der Waals surface area contributed by atoms with E-state index in [1.165, 1.54) is 31.4 Å². The molecule has 2 N–H and O–H groups in total. The van der Waals surface area contributed by atoms with Crippen molar-refractivity contribution in [1.82, 2.24) is 0 Å². The SMILES string of the molecule is COC(=O)c1ccc(F)c(NCc2cc(O)cc(F)c2)c1. The molecule has 0 heterocycles. The zero-order valence-corrected chi connectivity index (χ0v) is 11.2. The van der Waals surface area contributed by atoms with Crippen molar-refractivity contribution in [3.63, 3.8) is 0 Å². The van der Waals surface area contributed by atoms with E-state index in [-0.39, 0.29) is 23.5 Å². The standard InChI is InChI=1S/C15H13F2NO3/c1-21-15(20)10-2-3-13(17)14(6-10)18-8-9-4-11(16)7-12(19)5-9/h2-7,18-19H,8H2,1H3. The van der Waals surface area contributed by atoms with Gasteiger partial charge in [-0.1, -0.05) is 0 Å². The van der Waals surface area contributed by atoms with Gasteiger partial charge < -0.3 is 15.2 Å². The number of hydrogen-bond donors (Lipinski definition) is 2. The molecule has 0 aliphatic rings. The number of anilines is 1. The number of carbonyl (C=O) groups excluding carboxylic acids is 1. The average Bonchev–Trinajstić information content (AvgIpc) is 2.44. The zero-order chi connectivity index (χ0) is 15.4. The monoisotopic (exact) mass is 293 g/mol. The van der Waals surface area contributed by atoms with Crippen LogP contribution in [0.5, 0.6) is 5.75 Å². The maximum atomic E-state index is 13.7. The van der Waals surface area contributed by atoms with E-state index < -0.39 is 17.6 Å². The fourth-order valence-electron chi connectivity index (χ4n) is 1.84. The topological polar surface area (TPSA) is 58.6 Å². The van der Waals surface area contributed by atoms with Crippen molar-refractivity contribution in [2.75, 3.05) is 12.4 Å². The van der Waals surface area contributed by atoms with Crippen molar-refractivity contribution in [3.8, 4) is 5.75 Å². The van der Waals surface area contributed by atoms with E-state index in [0.29, 0.717) is 5.56 Å². The fourth-order valence-corrected chi connectivity index (χ4v) is 1.84. The van der Waals surface area contributed by atoms with E-state index in [4.69, 9.17) is 0 Å². The van der Waals surface area contributed by atoms with Crippen LogP contribution in [-0.2, 0) is 11.3 Å². The van der Waals surface area contributed by atoms with E-state index in [2.05, 4.69) is 10.1 Å². The van der Waals surface area contributed by atoms with Crippen LogP contribution in [0.25, 0.3) is 0 Å². The number of ether oxygens (including phenoxy) is 1. The minimum Gasteiger partial charge on any atom is -0.508 e. The highest BCUT2D eigenvalue weighted by atomic mass is 19.1. The molecule has 0 bridgehead atoms. The number of rotatable bonds is 4. The highest BCUT2D eigenvalue weighted by Crippen LogP contribution is 2.20. The van der Waals surface area contributed by atoms with Gasteiger partial charge in [-0.3, -0.25) is 0 Å². The van der Waals surface area contributed by atoms with Gasteiger partial charge in [-0.15, -0.1) is 0 Å². The van der Waals surface area contributed by atoms with Gasteiger partial charge in [-0.2, -0.15) is 0 Å². The molecule has 0 aromatic heterocycles. The third-order valence-corrected chi connectivity index (χ3v) is 2.81. The highest BCUT2D eigenvalue weighted by Gasteiger charge is 2.10. The lowest BCUT2D eigenvalue weighted by Crippen LogP contribution is -2.06. The van der Waals surface area contributed by atoms with Gasteiger partial charge in [0.1, 0.15) is 17.4 Å². The summed E-state index contributed by atoms with van der Waals surface area (Å²) in [5, 5.41) is 12.0. The highest BCUT2D eigenvalue weighted by molar-refractivity contribution is 5.90. The van der Waals surface area contributed by atoms with E-state index >= 15 is 0 Å². The van der Waals surface area contributed by atoms with Crippen LogP contribution in [0.1, 0.15) is 15.9 Å². The van der Waals surface area contributed by atoms with Gasteiger partial charge in [0.2, 0.25) is 0 Å². The number of nitrogens with one attached hydrogen (secondary N) is 1. The first-order valence-corrected chi connectivity index (χ1v) is 6.10. The molecule has 2 aromatic carbocycles. The van der Waals surface area contributed by atoms with E-state index in [9.17, 15) is 18.7 Å². The maximum Gasteiger partial charge on any atom is 0.337 e. The minimum atomic E-state index is -0.587. The van der Waals surface area contributed by atoms with Crippen LogP contribution in [-0.4, -0.2) is 18.2 Å². The smallest absolute Gasteiger partial charge is 0.337 e. The van der Waals surface area contributed by atoms with Crippen LogP contribution in [0, 0.1) is 11.6 Å². The molecule has 0 radical (unpaired) electrons. The van der Waals surface area contributed by atoms with Gasteiger partial charge in [0.25, 0.3) is 0 Å². The lowest BCUT2D eigenvalue weighted by Gasteiger charge is -2.09. The van der Waals surface area contributed by atoms with Gasteiger partial charge in [0.05, 0.1) is 18.4 Å². The van der Waals surface area contributed by atoms with E-state index in [1.54, 1.807) is 0 Å². The Morgan fingerprint density at radius 3 is 2.67 bits per heavy atom.